The van der Waals surface area contributed by atoms with E-state index in [0.717, 1.165) is 29.2 Å². The van der Waals surface area contributed by atoms with Crippen LogP contribution in [-0.2, 0) is 10.2 Å². The van der Waals surface area contributed by atoms with Gasteiger partial charge in [0.2, 0.25) is 0 Å². The van der Waals surface area contributed by atoms with Crippen LogP contribution in [0.4, 0.5) is 5.13 Å². The molecule has 0 bridgehead atoms. The number of rotatable bonds is 4. The summed E-state index contributed by atoms with van der Waals surface area (Å²) in [5.74, 6) is 0.0621. The maximum Gasteiger partial charge on any atom is 0.290 e. The number of anilines is 1. The molecule has 1 fully saturated rings. The molecule has 0 atom stereocenters. The lowest BCUT2D eigenvalue weighted by Gasteiger charge is -2.41. The van der Waals surface area contributed by atoms with Crippen molar-refractivity contribution in [1.82, 2.24) is 14.9 Å². The van der Waals surface area contributed by atoms with Crippen LogP contribution < -0.4 is 5.32 Å². The molecule has 31 heavy (non-hydrogen) atoms. The van der Waals surface area contributed by atoms with Crippen molar-refractivity contribution in [3.05, 3.63) is 76.6 Å². The van der Waals surface area contributed by atoms with Crippen LogP contribution in [0.15, 0.2) is 54.2 Å². The van der Waals surface area contributed by atoms with Crippen molar-refractivity contribution < 1.29 is 14.7 Å². The molecule has 2 aromatic heterocycles. The predicted octanol–water partition coefficient (Wildman–Crippen LogP) is 3.81. The van der Waals surface area contributed by atoms with Crippen LogP contribution in [0.3, 0.4) is 0 Å². The van der Waals surface area contributed by atoms with Crippen LogP contribution in [0.5, 0.6) is 0 Å². The Balaban J connectivity index is 0.000000858. The number of carboxylic acid groups (broad SMARTS) is 1. The zero-order valence-electron chi connectivity index (χ0n) is 17.6. The number of amides is 1. The van der Waals surface area contributed by atoms with E-state index in [1.807, 2.05) is 31.0 Å². The molecule has 0 aliphatic carbocycles. The van der Waals surface area contributed by atoms with Crippen molar-refractivity contribution in [1.29, 1.82) is 0 Å². The smallest absolute Gasteiger partial charge is 0.290 e. The van der Waals surface area contributed by atoms with E-state index < -0.39 is 0 Å². The van der Waals surface area contributed by atoms with E-state index in [4.69, 9.17) is 14.9 Å². The highest BCUT2D eigenvalue weighted by atomic mass is 32.1. The van der Waals surface area contributed by atoms with Gasteiger partial charge in [-0.2, -0.15) is 0 Å². The fraction of sp³-hybridized carbons (Fsp3) is 0.304. The molecular weight excluding hydrogens is 412 g/mol. The number of benzene rings is 1. The van der Waals surface area contributed by atoms with Crippen LogP contribution >= 0.6 is 11.3 Å². The summed E-state index contributed by atoms with van der Waals surface area (Å²) in [5, 5.41) is 13.1. The van der Waals surface area contributed by atoms with E-state index in [1.54, 1.807) is 23.7 Å². The normalized spacial score (nSPS) is 14.8. The lowest BCUT2D eigenvalue weighted by Crippen LogP contribution is -2.46. The van der Waals surface area contributed by atoms with E-state index >= 15 is 0 Å². The quantitative estimate of drug-likeness (QED) is 0.602. The fourth-order valence-electron chi connectivity index (χ4n) is 4.00. The van der Waals surface area contributed by atoms with E-state index in [0.29, 0.717) is 18.7 Å². The summed E-state index contributed by atoms with van der Waals surface area (Å²) < 4.78 is 0. The first-order valence-electron chi connectivity index (χ1n) is 10.0. The second kappa shape index (κ2) is 10.2. The van der Waals surface area contributed by atoms with Crippen LogP contribution in [0.1, 0.15) is 40.0 Å². The SMILES string of the molecule is CNc1nc(C2(c3ccccc3)CCN(C(=O)c3cncc(C)c3)CC2)cs1.O=CO. The number of hydrogen-bond donors (Lipinski definition) is 2. The maximum atomic E-state index is 12.9. The Kier molecular flexibility index (Phi) is 7.36. The van der Waals surface area contributed by atoms with Gasteiger partial charge in [0.25, 0.3) is 12.4 Å². The predicted molar refractivity (Wildman–Crippen MR) is 122 cm³/mol. The highest BCUT2D eigenvalue weighted by Crippen LogP contribution is 2.42. The Labute approximate surface area is 185 Å². The number of piperidine rings is 1. The average molecular weight is 439 g/mol. The third kappa shape index (κ3) is 4.91. The van der Waals surface area contributed by atoms with Crippen molar-refractivity contribution in [2.45, 2.75) is 25.2 Å². The van der Waals surface area contributed by atoms with E-state index in [-0.39, 0.29) is 17.8 Å². The minimum Gasteiger partial charge on any atom is -0.483 e. The highest BCUT2D eigenvalue weighted by Gasteiger charge is 2.40. The first kappa shape index (κ1) is 22.4. The van der Waals surface area contributed by atoms with Crippen molar-refractivity contribution in [3.63, 3.8) is 0 Å². The van der Waals surface area contributed by atoms with E-state index in [9.17, 15) is 4.79 Å². The Morgan fingerprint density at radius 3 is 2.48 bits per heavy atom. The standard InChI is InChI=1S/C22H24N4OS.CH2O2/c1-16-12-17(14-24-13-16)20(27)26-10-8-22(9-11-26,18-6-4-3-5-7-18)19-15-28-21(23-2)25-19;2-1-3/h3-7,12-15H,8-11H2,1-2H3,(H,23,25);1H,(H,2,3). The topological polar surface area (TPSA) is 95.4 Å². The summed E-state index contributed by atoms with van der Waals surface area (Å²) in [6, 6.07) is 12.5. The molecule has 1 saturated heterocycles. The van der Waals surface area contributed by atoms with Gasteiger partial charge < -0.3 is 15.3 Å². The maximum absolute atomic E-state index is 12.9. The molecule has 1 aliphatic heterocycles. The number of aromatic nitrogens is 2. The highest BCUT2D eigenvalue weighted by molar-refractivity contribution is 7.13. The molecule has 1 aliphatic rings. The molecule has 0 spiro atoms. The van der Waals surface area contributed by atoms with Crippen LogP contribution in [0.2, 0.25) is 0 Å². The summed E-state index contributed by atoms with van der Waals surface area (Å²) in [7, 11) is 1.90. The summed E-state index contributed by atoms with van der Waals surface area (Å²) in [5.41, 5.74) is 3.88. The number of nitrogens with one attached hydrogen (secondary N) is 1. The summed E-state index contributed by atoms with van der Waals surface area (Å²) in [6.07, 6.45) is 5.15. The molecule has 0 saturated carbocycles. The monoisotopic (exact) mass is 438 g/mol. The van der Waals surface area contributed by atoms with E-state index in [1.165, 1.54) is 5.56 Å². The number of likely N-dealkylation sites (tertiary alicyclic amines) is 1. The minimum atomic E-state index is -0.250. The Hall–Kier alpha value is -3.26. The second-order valence-electron chi connectivity index (χ2n) is 7.38. The van der Waals surface area contributed by atoms with Gasteiger partial charge >= 0.3 is 0 Å². The Morgan fingerprint density at radius 2 is 1.90 bits per heavy atom. The molecule has 3 heterocycles. The van der Waals surface area contributed by atoms with E-state index in [2.05, 4.69) is 39.9 Å². The zero-order valence-corrected chi connectivity index (χ0v) is 18.4. The zero-order chi connectivity index (χ0) is 22.3. The van der Waals surface area contributed by atoms with Gasteiger partial charge in [0, 0.05) is 43.3 Å². The molecule has 162 valence electrons. The number of nitrogens with zero attached hydrogens (tertiary/aromatic N) is 3. The van der Waals surface area contributed by atoms with Crippen molar-refractivity contribution in [2.75, 3.05) is 25.5 Å². The van der Waals surface area contributed by atoms with Crippen molar-refractivity contribution in [3.8, 4) is 0 Å². The summed E-state index contributed by atoms with van der Waals surface area (Å²) in [6.45, 7) is 3.12. The molecule has 0 radical (unpaired) electrons. The largest absolute Gasteiger partial charge is 0.483 e. The van der Waals surface area contributed by atoms with Gasteiger partial charge in [0.05, 0.1) is 11.3 Å². The van der Waals surface area contributed by atoms with Crippen molar-refractivity contribution in [2.24, 2.45) is 0 Å². The molecule has 2 N–H and O–H groups in total. The molecule has 1 amide bonds. The van der Waals surface area contributed by atoms with Gasteiger partial charge in [0.1, 0.15) is 0 Å². The van der Waals surface area contributed by atoms with Gasteiger partial charge in [-0.15, -0.1) is 11.3 Å². The first-order valence-corrected chi connectivity index (χ1v) is 10.9. The number of carbonyl (C=O) groups excluding carboxylic acids is 1. The second-order valence-corrected chi connectivity index (χ2v) is 8.24. The number of pyridine rings is 1. The Morgan fingerprint density at radius 1 is 1.23 bits per heavy atom. The molecule has 1 aromatic carbocycles. The number of carbonyl (C=O) groups is 2. The first-order chi connectivity index (χ1) is 15.0. The number of aryl methyl sites for hydroxylation is 1. The molecule has 7 nitrogen and oxygen atoms in total. The molecule has 8 heteroatoms. The fourth-order valence-corrected chi connectivity index (χ4v) is 4.77. The van der Waals surface area contributed by atoms with Gasteiger partial charge in [0.15, 0.2) is 5.13 Å². The summed E-state index contributed by atoms with van der Waals surface area (Å²) in [4.78, 5) is 32.3. The van der Waals surface area contributed by atoms with Crippen LogP contribution in [0.25, 0.3) is 0 Å². The van der Waals surface area contributed by atoms with Gasteiger partial charge in [-0.3, -0.25) is 14.6 Å². The van der Waals surface area contributed by atoms with Gasteiger partial charge in [-0.05, 0) is 37.0 Å². The lowest BCUT2D eigenvalue weighted by atomic mass is 9.70. The van der Waals surface area contributed by atoms with Gasteiger partial charge in [-0.1, -0.05) is 30.3 Å². The Bertz CT molecular complexity index is 1010. The summed E-state index contributed by atoms with van der Waals surface area (Å²) >= 11 is 1.63. The average Bonchev–Trinajstić information content (AvgIpc) is 3.30. The molecular formula is C23H26N4O3S. The van der Waals surface area contributed by atoms with Crippen LogP contribution in [-0.4, -0.2) is 52.5 Å². The third-order valence-corrected chi connectivity index (χ3v) is 6.42. The lowest BCUT2D eigenvalue weighted by molar-refractivity contribution is -0.122. The van der Waals surface area contributed by atoms with Crippen LogP contribution in [0, 0.1) is 6.92 Å². The van der Waals surface area contributed by atoms with Crippen molar-refractivity contribution >= 4 is 28.8 Å². The third-order valence-electron chi connectivity index (χ3n) is 5.56. The number of hydrogen-bond acceptors (Lipinski definition) is 6. The molecule has 4 rings (SSSR count). The molecule has 3 aromatic rings. The minimum absolute atomic E-state index is 0.0621. The number of thiazole rings is 1. The van der Waals surface area contributed by atoms with Gasteiger partial charge in [-0.25, -0.2) is 4.98 Å². The molecule has 0 unspecified atom stereocenters.